The Kier molecular flexibility index (Phi) is 6.07. The number of rotatable bonds is 6. The fourth-order valence-electron chi connectivity index (χ4n) is 3.62. The Hall–Kier alpha value is -2.18. The second-order valence-electron chi connectivity index (χ2n) is 7.31. The van der Waals surface area contributed by atoms with Crippen LogP contribution in [0.25, 0.3) is 11.1 Å². The highest BCUT2D eigenvalue weighted by Gasteiger charge is 2.27. The minimum Gasteiger partial charge on any atom is -0.593 e. The van der Waals surface area contributed by atoms with Gasteiger partial charge < -0.3 is 4.55 Å². The van der Waals surface area contributed by atoms with E-state index in [0.29, 0.717) is 0 Å². The van der Waals surface area contributed by atoms with Crippen LogP contribution in [0.5, 0.6) is 0 Å². The maximum absolute atomic E-state index is 12.6. The lowest BCUT2D eigenvalue weighted by molar-refractivity contribution is 0.324. The number of aryl methyl sites for hydroxylation is 1. The van der Waals surface area contributed by atoms with Gasteiger partial charge in [-0.05, 0) is 36.1 Å². The molecule has 2 atom stereocenters. The van der Waals surface area contributed by atoms with Gasteiger partial charge in [0.05, 0.1) is 23.6 Å². The highest BCUT2D eigenvalue weighted by atomic mass is 32.2. The molecule has 1 aliphatic rings. The molecule has 0 aliphatic carbocycles. The summed E-state index contributed by atoms with van der Waals surface area (Å²) in [5.41, 5.74) is 4.80. The van der Waals surface area contributed by atoms with Crippen LogP contribution >= 0.6 is 0 Å². The van der Waals surface area contributed by atoms with Gasteiger partial charge in [-0.25, -0.2) is 0 Å². The monoisotopic (exact) mass is 391 g/mol. The molecule has 1 aromatic heterocycles. The molecule has 0 radical (unpaired) electrons. The molecule has 144 valence electrons. The third-order valence-electron chi connectivity index (χ3n) is 5.20. The zero-order valence-electron chi connectivity index (χ0n) is 16.0. The Balaban J connectivity index is 1.32. The van der Waals surface area contributed by atoms with Crippen LogP contribution in [0.2, 0.25) is 0 Å². The predicted octanol–water partition coefficient (Wildman–Crippen LogP) is 3.94. The summed E-state index contributed by atoms with van der Waals surface area (Å²) in [7, 11) is 0. The van der Waals surface area contributed by atoms with Gasteiger partial charge in [-0.2, -0.15) is 0 Å². The molecule has 0 amide bonds. The third-order valence-corrected chi connectivity index (χ3v) is 6.58. The molecule has 0 bridgehead atoms. The molecule has 1 fully saturated rings. The first-order valence-corrected chi connectivity index (χ1v) is 10.8. The van der Waals surface area contributed by atoms with Crippen LogP contribution in [0.1, 0.15) is 17.5 Å². The number of aromatic nitrogens is 1. The van der Waals surface area contributed by atoms with E-state index < -0.39 is 11.4 Å². The summed E-state index contributed by atoms with van der Waals surface area (Å²) in [5, 5.41) is 0. The zero-order chi connectivity index (χ0) is 19.3. The van der Waals surface area contributed by atoms with E-state index in [0.717, 1.165) is 36.5 Å². The summed E-state index contributed by atoms with van der Waals surface area (Å²) in [6.45, 7) is 4.81. The maximum atomic E-state index is 12.6. The largest absolute Gasteiger partial charge is 0.593 e. The average molecular weight is 392 g/mol. The molecule has 4 rings (SSSR count). The van der Waals surface area contributed by atoms with E-state index in [1.54, 1.807) is 12.4 Å². The van der Waals surface area contributed by atoms with Crippen LogP contribution in [0.4, 0.5) is 0 Å². The third kappa shape index (κ3) is 4.62. The van der Waals surface area contributed by atoms with Gasteiger partial charge in [0.15, 0.2) is 4.90 Å². The fraction of sp³-hybridized carbons (Fsp3) is 0.261. The van der Waals surface area contributed by atoms with Crippen molar-refractivity contribution in [3.05, 3.63) is 84.2 Å². The molecule has 3 aromatic rings. The van der Waals surface area contributed by atoms with E-state index in [2.05, 4.69) is 63.1 Å². The molecular weight excluding hydrogens is 366 g/mol. The van der Waals surface area contributed by atoms with E-state index in [1.807, 2.05) is 19.1 Å². The van der Waals surface area contributed by atoms with E-state index >= 15 is 0 Å². The molecule has 4 nitrogen and oxygen atoms in total. The molecule has 2 heterocycles. The lowest BCUT2D eigenvalue weighted by atomic mass is 10.0. The molecule has 5 heteroatoms. The summed E-state index contributed by atoms with van der Waals surface area (Å²) < 4.78 is 15.9. The van der Waals surface area contributed by atoms with Crippen LogP contribution in [0.15, 0.2) is 78.0 Å². The molecule has 1 saturated heterocycles. The summed E-state index contributed by atoms with van der Waals surface area (Å²) in [6.07, 6.45) is 4.43. The first kappa shape index (κ1) is 19.2. The highest BCUT2D eigenvalue weighted by Crippen LogP contribution is 2.21. The Morgan fingerprint density at radius 3 is 2.57 bits per heavy atom. The average Bonchev–Trinajstić information content (AvgIpc) is 3.16. The molecule has 0 spiro atoms. The van der Waals surface area contributed by atoms with Gasteiger partial charge in [0.1, 0.15) is 0 Å². The van der Waals surface area contributed by atoms with Gasteiger partial charge in [-0.3, -0.25) is 9.88 Å². The molecule has 1 unspecified atom stereocenters. The van der Waals surface area contributed by atoms with E-state index in [9.17, 15) is 4.55 Å². The number of likely N-dealkylation sites (tertiary alicyclic amines) is 1. The van der Waals surface area contributed by atoms with E-state index in [4.69, 9.17) is 0 Å². The second kappa shape index (κ2) is 8.88. The molecule has 1 N–H and O–H groups in total. The Morgan fingerprint density at radius 1 is 1.07 bits per heavy atom. The van der Waals surface area contributed by atoms with Gasteiger partial charge in [0, 0.05) is 31.4 Å². The SMILES string of the molecule is Cc1ccncc1[S+]([O-])N[C@@H]1CCN(Cc2ccc(-c3ccccc3)cc2)C1. The number of pyridine rings is 1. The highest BCUT2D eigenvalue weighted by molar-refractivity contribution is 7.89. The van der Waals surface area contributed by atoms with E-state index in [1.165, 1.54) is 16.7 Å². The first-order chi connectivity index (χ1) is 13.7. The fourth-order valence-corrected chi connectivity index (χ4v) is 4.76. The molecule has 28 heavy (non-hydrogen) atoms. The number of benzene rings is 2. The van der Waals surface area contributed by atoms with Crippen LogP contribution in [0, 0.1) is 6.92 Å². The number of hydrogen-bond acceptors (Lipinski definition) is 4. The first-order valence-electron chi connectivity index (χ1n) is 9.64. The summed E-state index contributed by atoms with van der Waals surface area (Å²) >= 11 is -1.21. The van der Waals surface area contributed by atoms with Crippen LogP contribution in [0.3, 0.4) is 0 Å². The summed E-state index contributed by atoms with van der Waals surface area (Å²) in [5.74, 6) is 0. The Labute approximate surface area is 169 Å². The maximum Gasteiger partial charge on any atom is 0.194 e. The Morgan fingerprint density at radius 2 is 1.82 bits per heavy atom. The van der Waals surface area contributed by atoms with Crippen LogP contribution < -0.4 is 4.72 Å². The van der Waals surface area contributed by atoms with E-state index in [-0.39, 0.29) is 6.04 Å². The number of nitrogens with zero attached hydrogens (tertiary/aromatic N) is 2. The normalized spacial score (nSPS) is 18.3. The van der Waals surface area contributed by atoms with Gasteiger partial charge in [0.25, 0.3) is 0 Å². The topological polar surface area (TPSA) is 51.2 Å². The quantitative estimate of drug-likeness (QED) is 0.647. The van der Waals surface area contributed by atoms with Crippen LogP contribution in [-0.2, 0) is 17.9 Å². The lowest BCUT2D eigenvalue weighted by Crippen LogP contribution is -2.37. The van der Waals surface area contributed by atoms with Gasteiger partial charge in [0.2, 0.25) is 0 Å². The van der Waals surface area contributed by atoms with Crippen molar-refractivity contribution in [3.63, 3.8) is 0 Å². The van der Waals surface area contributed by atoms with Gasteiger partial charge in [-0.15, -0.1) is 4.72 Å². The summed E-state index contributed by atoms with van der Waals surface area (Å²) in [4.78, 5) is 7.29. The van der Waals surface area contributed by atoms with Crippen LogP contribution in [-0.4, -0.2) is 33.6 Å². The van der Waals surface area contributed by atoms with Gasteiger partial charge >= 0.3 is 0 Å². The Bertz CT molecular complexity index is 901. The van der Waals surface area contributed by atoms with Crippen molar-refractivity contribution in [1.29, 1.82) is 0 Å². The number of hydrogen-bond donors (Lipinski definition) is 1. The van der Waals surface area contributed by atoms with Crippen molar-refractivity contribution in [1.82, 2.24) is 14.6 Å². The molecular formula is C23H25N3OS. The van der Waals surface area contributed by atoms with Gasteiger partial charge in [-0.1, -0.05) is 54.6 Å². The second-order valence-corrected chi connectivity index (χ2v) is 8.52. The minimum atomic E-state index is -1.21. The zero-order valence-corrected chi connectivity index (χ0v) is 16.9. The van der Waals surface area contributed by atoms with Crippen molar-refractivity contribution in [2.75, 3.05) is 13.1 Å². The smallest absolute Gasteiger partial charge is 0.194 e. The standard InChI is InChI=1S/C23H25N3OS/c1-18-11-13-24-15-23(18)28(27)25-22-12-14-26(17-22)16-19-7-9-21(10-8-19)20-5-3-2-4-6-20/h2-11,13,15,22,25H,12,14,16-17H2,1H3/t22-,28?/m1/s1. The molecule has 2 aromatic carbocycles. The van der Waals surface area contributed by atoms with Crippen molar-refractivity contribution in [2.24, 2.45) is 0 Å². The lowest BCUT2D eigenvalue weighted by Gasteiger charge is -2.18. The van der Waals surface area contributed by atoms with Crippen molar-refractivity contribution in [3.8, 4) is 11.1 Å². The van der Waals surface area contributed by atoms with Crippen molar-refractivity contribution < 1.29 is 4.55 Å². The number of nitrogens with one attached hydrogen (secondary N) is 1. The summed E-state index contributed by atoms with van der Waals surface area (Å²) in [6, 6.07) is 21.4. The molecule has 0 saturated carbocycles. The predicted molar refractivity (Wildman–Crippen MR) is 114 cm³/mol. The van der Waals surface area contributed by atoms with Crippen molar-refractivity contribution in [2.45, 2.75) is 30.8 Å². The molecule has 1 aliphatic heterocycles. The minimum absolute atomic E-state index is 0.240. The van der Waals surface area contributed by atoms with Crippen molar-refractivity contribution >= 4 is 11.4 Å².